The number of hydrogen-bond acceptors (Lipinski definition) is 4. The SMILES string of the molecule is CCC(=O)Nc1ccc(-c2cccnc2)oc1=O. The summed E-state index contributed by atoms with van der Waals surface area (Å²) in [7, 11) is 0. The highest BCUT2D eigenvalue weighted by Crippen LogP contribution is 2.17. The van der Waals surface area contributed by atoms with Crippen molar-refractivity contribution in [2.24, 2.45) is 0 Å². The molecule has 18 heavy (non-hydrogen) atoms. The van der Waals surface area contributed by atoms with Crippen molar-refractivity contribution in [3.05, 3.63) is 47.1 Å². The molecule has 0 aromatic carbocycles. The van der Waals surface area contributed by atoms with Gasteiger partial charge in [-0.05, 0) is 24.3 Å². The summed E-state index contributed by atoms with van der Waals surface area (Å²) in [6.45, 7) is 1.71. The molecule has 0 saturated carbocycles. The summed E-state index contributed by atoms with van der Waals surface area (Å²) in [5, 5.41) is 2.48. The van der Waals surface area contributed by atoms with Gasteiger partial charge < -0.3 is 9.73 Å². The molecule has 2 aromatic rings. The molecule has 0 radical (unpaired) electrons. The number of amides is 1. The van der Waals surface area contributed by atoms with Gasteiger partial charge in [0.05, 0.1) is 0 Å². The average Bonchev–Trinajstić information content (AvgIpc) is 2.42. The topological polar surface area (TPSA) is 72.2 Å². The Morgan fingerprint density at radius 1 is 1.39 bits per heavy atom. The summed E-state index contributed by atoms with van der Waals surface area (Å²) in [6.07, 6.45) is 3.55. The Morgan fingerprint density at radius 2 is 2.22 bits per heavy atom. The number of aromatic nitrogens is 1. The average molecular weight is 244 g/mol. The van der Waals surface area contributed by atoms with E-state index in [0.29, 0.717) is 17.7 Å². The number of pyridine rings is 1. The monoisotopic (exact) mass is 244 g/mol. The molecule has 0 aliphatic rings. The van der Waals surface area contributed by atoms with E-state index in [1.165, 1.54) is 6.07 Å². The lowest BCUT2D eigenvalue weighted by molar-refractivity contribution is -0.115. The highest BCUT2D eigenvalue weighted by Gasteiger charge is 2.07. The van der Waals surface area contributed by atoms with Gasteiger partial charge in [0.15, 0.2) is 0 Å². The van der Waals surface area contributed by atoms with E-state index in [-0.39, 0.29) is 11.6 Å². The lowest BCUT2D eigenvalue weighted by atomic mass is 10.2. The smallest absolute Gasteiger partial charge is 0.360 e. The van der Waals surface area contributed by atoms with Crippen LogP contribution in [0.4, 0.5) is 5.69 Å². The van der Waals surface area contributed by atoms with Crippen LogP contribution in [0.5, 0.6) is 0 Å². The summed E-state index contributed by atoms with van der Waals surface area (Å²) >= 11 is 0. The first-order chi connectivity index (χ1) is 8.70. The minimum atomic E-state index is -0.571. The molecule has 0 spiro atoms. The minimum Gasteiger partial charge on any atom is -0.421 e. The van der Waals surface area contributed by atoms with Crippen LogP contribution in [-0.4, -0.2) is 10.9 Å². The maximum Gasteiger partial charge on any atom is 0.360 e. The molecule has 2 aromatic heterocycles. The summed E-state index contributed by atoms with van der Waals surface area (Å²) in [5.41, 5.74) is 0.288. The van der Waals surface area contributed by atoms with E-state index < -0.39 is 5.63 Å². The Balaban J connectivity index is 2.31. The van der Waals surface area contributed by atoms with Gasteiger partial charge in [-0.2, -0.15) is 0 Å². The van der Waals surface area contributed by atoms with Gasteiger partial charge in [0.1, 0.15) is 11.4 Å². The summed E-state index contributed by atoms with van der Waals surface area (Å²) in [4.78, 5) is 26.8. The van der Waals surface area contributed by atoms with Gasteiger partial charge in [-0.15, -0.1) is 0 Å². The zero-order chi connectivity index (χ0) is 13.0. The van der Waals surface area contributed by atoms with E-state index in [2.05, 4.69) is 10.3 Å². The molecule has 1 amide bonds. The predicted molar refractivity (Wildman–Crippen MR) is 67.1 cm³/mol. The molecule has 1 N–H and O–H groups in total. The fourth-order valence-electron chi connectivity index (χ4n) is 1.41. The van der Waals surface area contributed by atoms with Crippen LogP contribution in [-0.2, 0) is 4.79 Å². The third-order valence-electron chi connectivity index (χ3n) is 2.37. The number of rotatable bonds is 3. The van der Waals surface area contributed by atoms with Gasteiger partial charge >= 0.3 is 5.63 Å². The third kappa shape index (κ3) is 2.63. The molecule has 0 saturated heterocycles. The first kappa shape index (κ1) is 12.0. The second-order valence-electron chi connectivity index (χ2n) is 3.64. The van der Waals surface area contributed by atoms with Crippen LogP contribution < -0.4 is 10.9 Å². The van der Waals surface area contributed by atoms with Crippen molar-refractivity contribution in [3.8, 4) is 11.3 Å². The first-order valence-corrected chi connectivity index (χ1v) is 5.55. The van der Waals surface area contributed by atoms with Gasteiger partial charge in [-0.1, -0.05) is 6.92 Å². The Kier molecular flexibility index (Phi) is 3.52. The summed E-state index contributed by atoms with van der Waals surface area (Å²) in [5.74, 6) is 0.194. The molecule has 2 rings (SSSR count). The lowest BCUT2D eigenvalue weighted by Crippen LogP contribution is -2.16. The maximum atomic E-state index is 11.7. The molecule has 5 heteroatoms. The first-order valence-electron chi connectivity index (χ1n) is 5.55. The van der Waals surface area contributed by atoms with Gasteiger partial charge in [0, 0.05) is 24.4 Å². The van der Waals surface area contributed by atoms with Crippen molar-refractivity contribution in [2.45, 2.75) is 13.3 Å². The number of hydrogen-bond donors (Lipinski definition) is 1. The van der Waals surface area contributed by atoms with Gasteiger partial charge in [0.25, 0.3) is 0 Å². The fourth-order valence-corrected chi connectivity index (χ4v) is 1.41. The molecule has 0 unspecified atom stereocenters. The van der Waals surface area contributed by atoms with Crippen LogP contribution in [0.15, 0.2) is 45.9 Å². The molecule has 0 fully saturated rings. The van der Waals surface area contributed by atoms with E-state index in [9.17, 15) is 9.59 Å². The van der Waals surface area contributed by atoms with E-state index in [1.54, 1.807) is 37.5 Å². The van der Waals surface area contributed by atoms with Gasteiger partial charge in [-0.25, -0.2) is 4.79 Å². The Hall–Kier alpha value is -2.43. The van der Waals surface area contributed by atoms with Crippen LogP contribution in [0.2, 0.25) is 0 Å². The largest absolute Gasteiger partial charge is 0.421 e. The molecular formula is C13H12N2O3. The molecular weight excluding hydrogens is 232 g/mol. The van der Waals surface area contributed by atoms with Crippen molar-refractivity contribution < 1.29 is 9.21 Å². The summed E-state index contributed by atoms with van der Waals surface area (Å²) < 4.78 is 5.13. The van der Waals surface area contributed by atoms with E-state index in [4.69, 9.17) is 4.42 Å². The predicted octanol–water partition coefficient (Wildman–Crippen LogP) is 2.05. The second kappa shape index (κ2) is 5.27. The Labute approximate surface area is 103 Å². The van der Waals surface area contributed by atoms with Gasteiger partial charge in [0.2, 0.25) is 5.91 Å². The molecule has 0 atom stereocenters. The van der Waals surface area contributed by atoms with Crippen molar-refractivity contribution in [1.29, 1.82) is 0 Å². The van der Waals surface area contributed by atoms with Crippen LogP contribution in [0.1, 0.15) is 13.3 Å². The number of carbonyl (C=O) groups excluding carboxylic acids is 1. The standard InChI is InChI=1S/C13H12N2O3/c1-2-12(16)15-10-5-6-11(18-13(10)17)9-4-3-7-14-8-9/h3-8H,2H2,1H3,(H,15,16). The molecule has 0 bridgehead atoms. The minimum absolute atomic E-state index is 0.148. The molecule has 0 aliphatic carbocycles. The quantitative estimate of drug-likeness (QED) is 0.896. The second-order valence-corrected chi connectivity index (χ2v) is 3.64. The van der Waals surface area contributed by atoms with Crippen molar-refractivity contribution >= 4 is 11.6 Å². The molecule has 0 aliphatic heterocycles. The van der Waals surface area contributed by atoms with Gasteiger partial charge in [-0.3, -0.25) is 9.78 Å². The maximum absolute atomic E-state index is 11.7. The lowest BCUT2D eigenvalue weighted by Gasteiger charge is -2.03. The number of nitrogens with zero attached hydrogens (tertiary/aromatic N) is 1. The number of carbonyl (C=O) groups is 1. The Morgan fingerprint density at radius 3 is 2.83 bits per heavy atom. The van der Waals surface area contributed by atoms with Crippen molar-refractivity contribution in [1.82, 2.24) is 4.98 Å². The zero-order valence-electron chi connectivity index (χ0n) is 9.84. The number of anilines is 1. The number of nitrogens with one attached hydrogen (secondary N) is 1. The molecule has 92 valence electrons. The van der Waals surface area contributed by atoms with Crippen LogP contribution in [0.3, 0.4) is 0 Å². The highest BCUT2D eigenvalue weighted by atomic mass is 16.4. The van der Waals surface area contributed by atoms with E-state index in [0.717, 1.165) is 0 Å². The Bertz CT molecular complexity index is 605. The van der Waals surface area contributed by atoms with Crippen LogP contribution >= 0.6 is 0 Å². The van der Waals surface area contributed by atoms with Crippen molar-refractivity contribution in [2.75, 3.05) is 5.32 Å². The molecule has 2 heterocycles. The van der Waals surface area contributed by atoms with Crippen molar-refractivity contribution in [3.63, 3.8) is 0 Å². The highest BCUT2D eigenvalue weighted by molar-refractivity contribution is 5.90. The fraction of sp³-hybridized carbons (Fsp3) is 0.154. The van der Waals surface area contributed by atoms with Crippen LogP contribution in [0.25, 0.3) is 11.3 Å². The van der Waals surface area contributed by atoms with E-state index >= 15 is 0 Å². The van der Waals surface area contributed by atoms with Crippen LogP contribution in [0, 0.1) is 0 Å². The normalized spacial score (nSPS) is 10.1. The molecule has 5 nitrogen and oxygen atoms in total. The van der Waals surface area contributed by atoms with E-state index in [1.807, 2.05) is 0 Å². The summed E-state index contributed by atoms with van der Waals surface area (Å²) in [6, 6.07) is 6.70. The third-order valence-corrected chi connectivity index (χ3v) is 2.37. The zero-order valence-corrected chi connectivity index (χ0v) is 9.84.